The van der Waals surface area contributed by atoms with Crippen LogP contribution in [0.1, 0.15) is 38.7 Å². The highest BCUT2D eigenvalue weighted by Crippen LogP contribution is 2.24. The summed E-state index contributed by atoms with van der Waals surface area (Å²) in [7, 11) is 0. The first-order valence-electron chi connectivity index (χ1n) is 7.72. The Balaban J connectivity index is 2.31. The molecule has 1 rings (SSSR count). The lowest BCUT2D eigenvalue weighted by atomic mass is 9.81. The van der Waals surface area contributed by atoms with E-state index >= 15 is 0 Å². The molecule has 0 bridgehead atoms. The van der Waals surface area contributed by atoms with E-state index in [0.717, 1.165) is 5.56 Å². The van der Waals surface area contributed by atoms with E-state index in [1.807, 2.05) is 26.0 Å². The Morgan fingerprint density at radius 1 is 1.27 bits per heavy atom. The number of nitrogens with zero attached hydrogens (tertiary/aromatic N) is 1. The van der Waals surface area contributed by atoms with Crippen LogP contribution in [0.25, 0.3) is 0 Å². The van der Waals surface area contributed by atoms with Crippen LogP contribution in [0.3, 0.4) is 0 Å². The summed E-state index contributed by atoms with van der Waals surface area (Å²) in [5, 5.41) is 5.61. The fourth-order valence-electron chi connectivity index (χ4n) is 2.22. The molecule has 0 saturated carbocycles. The molecule has 0 fully saturated rings. The van der Waals surface area contributed by atoms with Crippen LogP contribution < -0.4 is 16.4 Å². The van der Waals surface area contributed by atoms with Gasteiger partial charge in [0.25, 0.3) is 0 Å². The molecule has 1 aromatic rings. The highest BCUT2D eigenvalue weighted by Gasteiger charge is 2.32. The summed E-state index contributed by atoms with van der Waals surface area (Å²) in [6.45, 7) is 4.99. The molecule has 0 saturated heterocycles. The summed E-state index contributed by atoms with van der Waals surface area (Å²) >= 11 is 0. The quantitative estimate of drug-likeness (QED) is 0.633. The third-order valence-corrected chi connectivity index (χ3v) is 4.08. The summed E-state index contributed by atoms with van der Waals surface area (Å²) in [5.74, 6) is -0.171. The number of carbonyl (C=O) groups excluding carboxylic acids is 2. The van der Waals surface area contributed by atoms with Crippen LogP contribution in [0.4, 0.5) is 0 Å². The number of rotatable bonds is 9. The standard InChI is InChI=1S/C16H26N4O2/c1-3-16(4-2,12-17)15(22)19-9-7-14(21)20-11-13-6-5-8-18-10-13/h5-6,8,10H,3-4,7,9,11-12,17H2,1-2H3,(H,19,22)(H,20,21). The van der Waals surface area contributed by atoms with Crippen LogP contribution in [0.5, 0.6) is 0 Å². The maximum Gasteiger partial charge on any atom is 0.227 e. The Hall–Kier alpha value is -1.95. The van der Waals surface area contributed by atoms with Crippen LogP contribution in [0.2, 0.25) is 0 Å². The van der Waals surface area contributed by atoms with Crippen LogP contribution in [0.15, 0.2) is 24.5 Å². The average molecular weight is 306 g/mol. The van der Waals surface area contributed by atoms with Gasteiger partial charge in [-0.1, -0.05) is 19.9 Å². The Bertz CT molecular complexity index is 464. The van der Waals surface area contributed by atoms with E-state index in [1.165, 1.54) is 0 Å². The minimum atomic E-state index is -0.522. The number of hydrogen-bond acceptors (Lipinski definition) is 4. The van der Waals surface area contributed by atoms with E-state index in [0.29, 0.717) is 32.5 Å². The molecule has 0 unspecified atom stereocenters. The van der Waals surface area contributed by atoms with Crippen molar-refractivity contribution in [3.05, 3.63) is 30.1 Å². The van der Waals surface area contributed by atoms with Crippen LogP contribution >= 0.6 is 0 Å². The Morgan fingerprint density at radius 2 is 2.00 bits per heavy atom. The predicted molar refractivity (Wildman–Crippen MR) is 85.8 cm³/mol. The summed E-state index contributed by atoms with van der Waals surface area (Å²) in [6, 6.07) is 3.72. The molecule has 0 aliphatic heterocycles. The minimum absolute atomic E-state index is 0.0694. The molecule has 0 aromatic carbocycles. The molecule has 122 valence electrons. The first-order valence-corrected chi connectivity index (χ1v) is 7.72. The summed E-state index contributed by atoms with van der Waals surface area (Å²) in [6.07, 6.45) is 5.03. The molecule has 22 heavy (non-hydrogen) atoms. The molecule has 1 heterocycles. The largest absolute Gasteiger partial charge is 0.355 e. The van der Waals surface area contributed by atoms with Crippen molar-refractivity contribution in [2.45, 2.75) is 39.7 Å². The third kappa shape index (κ3) is 5.11. The molecule has 6 heteroatoms. The topological polar surface area (TPSA) is 97.1 Å². The third-order valence-electron chi connectivity index (χ3n) is 4.08. The van der Waals surface area contributed by atoms with Crippen molar-refractivity contribution in [3.8, 4) is 0 Å². The van der Waals surface area contributed by atoms with Gasteiger partial charge in [-0.3, -0.25) is 14.6 Å². The normalized spacial score (nSPS) is 11.0. The minimum Gasteiger partial charge on any atom is -0.355 e. The van der Waals surface area contributed by atoms with E-state index < -0.39 is 5.41 Å². The lowest BCUT2D eigenvalue weighted by Gasteiger charge is -2.28. The van der Waals surface area contributed by atoms with Crippen molar-refractivity contribution in [1.82, 2.24) is 15.6 Å². The van der Waals surface area contributed by atoms with Crippen LogP contribution in [-0.2, 0) is 16.1 Å². The maximum absolute atomic E-state index is 12.2. The number of carbonyl (C=O) groups is 2. The predicted octanol–water partition coefficient (Wildman–Crippen LogP) is 0.969. The van der Waals surface area contributed by atoms with Crippen molar-refractivity contribution in [1.29, 1.82) is 0 Å². The van der Waals surface area contributed by atoms with E-state index in [1.54, 1.807) is 12.4 Å². The molecule has 0 atom stereocenters. The van der Waals surface area contributed by atoms with Gasteiger partial charge in [-0.2, -0.15) is 0 Å². The zero-order valence-electron chi connectivity index (χ0n) is 13.4. The molecular weight excluding hydrogens is 280 g/mol. The van der Waals surface area contributed by atoms with Gasteiger partial charge in [-0.15, -0.1) is 0 Å². The first-order chi connectivity index (χ1) is 10.6. The lowest BCUT2D eigenvalue weighted by molar-refractivity contribution is -0.131. The van der Waals surface area contributed by atoms with Crippen LogP contribution in [0, 0.1) is 5.41 Å². The fraction of sp³-hybridized carbons (Fsp3) is 0.562. The smallest absolute Gasteiger partial charge is 0.227 e. The molecule has 4 N–H and O–H groups in total. The van der Waals surface area contributed by atoms with Crippen LogP contribution in [-0.4, -0.2) is 29.9 Å². The van der Waals surface area contributed by atoms with Gasteiger partial charge in [-0.25, -0.2) is 0 Å². The second-order valence-corrected chi connectivity index (χ2v) is 5.34. The fourth-order valence-corrected chi connectivity index (χ4v) is 2.22. The average Bonchev–Trinajstić information content (AvgIpc) is 2.56. The highest BCUT2D eigenvalue weighted by molar-refractivity contribution is 5.83. The summed E-state index contributed by atoms with van der Waals surface area (Å²) in [4.78, 5) is 27.9. The number of nitrogens with two attached hydrogens (primary N) is 1. The lowest BCUT2D eigenvalue weighted by Crippen LogP contribution is -2.46. The Labute approximate surface area is 131 Å². The molecule has 6 nitrogen and oxygen atoms in total. The molecular formula is C16H26N4O2. The second kappa shape index (κ2) is 9.15. The van der Waals surface area contributed by atoms with Gasteiger partial charge >= 0.3 is 0 Å². The molecule has 1 aromatic heterocycles. The van der Waals surface area contributed by atoms with Gasteiger partial charge < -0.3 is 16.4 Å². The van der Waals surface area contributed by atoms with Gasteiger partial charge in [0, 0.05) is 38.4 Å². The summed E-state index contributed by atoms with van der Waals surface area (Å²) < 4.78 is 0. The molecule has 0 spiro atoms. The van der Waals surface area contributed by atoms with Gasteiger partial charge in [-0.05, 0) is 24.5 Å². The Morgan fingerprint density at radius 3 is 2.55 bits per heavy atom. The maximum atomic E-state index is 12.2. The van der Waals surface area contributed by atoms with E-state index in [2.05, 4.69) is 15.6 Å². The number of pyridine rings is 1. The van der Waals surface area contributed by atoms with Gasteiger partial charge in [0.2, 0.25) is 11.8 Å². The zero-order chi connectivity index (χ0) is 16.4. The number of hydrogen-bond donors (Lipinski definition) is 3. The van der Waals surface area contributed by atoms with Gasteiger partial charge in [0.15, 0.2) is 0 Å². The SMILES string of the molecule is CCC(CC)(CN)C(=O)NCCC(=O)NCc1cccnc1. The van der Waals surface area contributed by atoms with E-state index in [-0.39, 0.29) is 18.2 Å². The number of aromatic nitrogens is 1. The monoisotopic (exact) mass is 306 g/mol. The van der Waals surface area contributed by atoms with Crippen molar-refractivity contribution < 1.29 is 9.59 Å². The van der Waals surface area contributed by atoms with Crippen molar-refractivity contribution in [2.75, 3.05) is 13.1 Å². The first kappa shape index (κ1) is 18.1. The highest BCUT2D eigenvalue weighted by atomic mass is 16.2. The second-order valence-electron chi connectivity index (χ2n) is 5.34. The van der Waals surface area contributed by atoms with E-state index in [9.17, 15) is 9.59 Å². The molecule has 0 radical (unpaired) electrons. The van der Waals surface area contributed by atoms with Gasteiger partial charge in [0.05, 0.1) is 5.41 Å². The Kier molecular flexibility index (Phi) is 7.52. The molecule has 2 amide bonds. The van der Waals surface area contributed by atoms with Gasteiger partial charge in [0.1, 0.15) is 0 Å². The molecule has 0 aliphatic rings. The van der Waals surface area contributed by atoms with Crippen molar-refractivity contribution >= 4 is 11.8 Å². The summed E-state index contributed by atoms with van der Waals surface area (Å²) in [5.41, 5.74) is 6.15. The van der Waals surface area contributed by atoms with Crippen molar-refractivity contribution in [3.63, 3.8) is 0 Å². The number of amides is 2. The number of nitrogens with one attached hydrogen (secondary N) is 2. The molecule has 0 aliphatic carbocycles. The van der Waals surface area contributed by atoms with Crippen molar-refractivity contribution in [2.24, 2.45) is 11.1 Å². The zero-order valence-corrected chi connectivity index (χ0v) is 13.4. The van der Waals surface area contributed by atoms with E-state index in [4.69, 9.17) is 5.73 Å².